The standard InChI is InChI=1S/C21H22N2O3S/c1-14(20(24)23-17-10-7-6-9-16(17)13-22)26-21(25)19-12-15-8-4-2-3-5-11-18(15)27-19/h6-7,9-10,12,14H,2-5,8,11H2,1H3,(H,23,24). The smallest absolute Gasteiger partial charge is 0.349 e. The number of aryl methyl sites for hydroxylation is 2. The number of amides is 1. The third-order valence-corrected chi connectivity index (χ3v) is 5.87. The van der Waals surface area contributed by atoms with E-state index in [0.29, 0.717) is 16.1 Å². The van der Waals surface area contributed by atoms with Crippen molar-refractivity contribution < 1.29 is 14.3 Å². The van der Waals surface area contributed by atoms with E-state index in [-0.39, 0.29) is 0 Å². The first-order valence-corrected chi connectivity index (χ1v) is 10.0. The molecule has 27 heavy (non-hydrogen) atoms. The zero-order valence-electron chi connectivity index (χ0n) is 15.3. The molecule has 1 atom stereocenters. The van der Waals surface area contributed by atoms with Gasteiger partial charge in [0.1, 0.15) is 10.9 Å². The van der Waals surface area contributed by atoms with Crippen molar-refractivity contribution in [3.63, 3.8) is 0 Å². The molecule has 6 heteroatoms. The van der Waals surface area contributed by atoms with Crippen molar-refractivity contribution in [2.75, 3.05) is 5.32 Å². The number of para-hydroxylation sites is 1. The molecule has 1 amide bonds. The molecule has 1 aromatic heterocycles. The molecule has 1 unspecified atom stereocenters. The molecule has 0 saturated carbocycles. The van der Waals surface area contributed by atoms with Crippen molar-refractivity contribution in [2.45, 2.75) is 51.6 Å². The van der Waals surface area contributed by atoms with Gasteiger partial charge >= 0.3 is 5.97 Å². The molecular formula is C21H22N2O3S. The second-order valence-electron chi connectivity index (χ2n) is 6.67. The Kier molecular flexibility index (Phi) is 6.25. The Morgan fingerprint density at radius 1 is 1.19 bits per heavy atom. The molecule has 0 fully saturated rings. The summed E-state index contributed by atoms with van der Waals surface area (Å²) in [5, 5.41) is 11.7. The molecule has 140 valence electrons. The largest absolute Gasteiger partial charge is 0.448 e. The highest BCUT2D eigenvalue weighted by Crippen LogP contribution is 2.29. The Bertz CT molecular complexity index is 856. The third kappa shape index (κ3) is 4.75. The van der Waals surface area contributed by atoms with Crippen LogP contribution in [0.15, 0.2) is 30.3 Å². The number of nitrogens with one attached hydrogen (secondary N) is 1. The van der Waals surface area contributed by atoms with E-state index in [1.807, 2.05) is 12.1 Å². The summed E-state index contributed by atoms with van der Waals surface area (Å²) in [6, 6.07) is 10.7. The van der Waals surface area contributed by atoms with E-state index in [4.69, 9.17) is 10.00 Å². The van der Waals surface area contributed by atoms with Crippen LogP contribution in [0.5, 0.6) is 0 Å². The van der Waals surface area contributed by atoms with Gasteiger partial charge in [-0.05, 0) is 56.4 Å². The second-order valence-corrected chi connectivity index (χ2v) is 7.80. The molecule has 1 aliphatic rings. The number of nitriles is 1. The van der Waals surface area contributed by atoms with Crippen LogP contribution >= 0.6 is 11.3 Å². The van der Waals surface area contributed by atoms with Gasteiger partial charge < -0.3 is 10.1 Å². The summed E-state index contributed by atoms with van der Waals surface area (Å²) in [6.45, 7) is 1.53. The summed E-state index contributed by atoms with van der Waals surface area (Å²) < 4.78 is 5.36. The number of ether oxygens (including phenoxy) is 1. The first-order chi connectivity index (χ1) is 13.1. The van der Waals surface area contributed by atoms with Crippen molar-refractivity contribution >= 4 is 28.9 Å². The SMILES string of the molecule is CC(OC(=O)c1cc2c(s1)CCCCCC2)C(=O)Nc1ccccc1C#N. The molecule has 0 aliphatic heterocycles. The average Bonchev–Trinajstić information content (AvgIpc) is 3.04. The number of anilines is 1. The highest BCUT2D eigenvalue weighted by Gasteiger charge is 2.22. The van der Waals surface area contributed by atoms with Crippen molar-refractivity contribution in [3.05, 3.63) is 51.2 Å². The number of thiophene rings is 1. The van der Waals surface area contributed by atoms with Gasteiger partial charge in [-0.25, -0.2) is 4.79 Å². The van der Waals surface area contributed by atoms with Gasteiger partial charge in [0, 0.05) is 4.88 Å². The molecule has 5 nitrogen and oxygen atoms in total. The normalized spacial score (nSPS) is 14.8. The van der Waals surface area contributed by atoms with E-state index in [1.54, 1.807) is 24.3 Å². The number of benzene rings is 1. The lowest BCUT2D eigenvalue weighted by atomic mass is 10.00. The number of carbonyl (C=O) groups is 2. The van der Waals surface area contributed by atoms with Crippen molar-refractivity contribution in [1.82, 2.24) is 0 Å². The molecule has 2 aromatic rings. The Morgan fingerprint density at radius 2 is 1.93 bits per heavy atom. The van der Waals surface area contributed by atoms with Gasteiger partial charge in [0.25, 0.3) is 5.91 Å². The van der Waals surface area contributed by atoms with E-state index in [1.165, 1.54) is 41.5 Å². The zero-order valence-corrected chi connectivity index (χ0v) is 16.1. The van der Waals surface area contributed by atoms with Gasteiger partial charge in [-0.15, -0.1) is 11.3 Å². The van der Waals surface area contributed by atoms with Gasteiger partial charge in [-0.3, -0.25) is 4.79 Å². The predicted octanol–water partition coefficient (Wildman–Crippen LogP) is 4.46. The number of nitrogens with zero attached hydrogens (tertiary/aromatic N) is 1. The van der Waals surface area contributed by atoms with Crippen molar-refractivity contribution in [3.8, 4) is 6.07 Å². The van der Waals surface area contributed by atoms with Crippen LogP contribution in [-0.2, 0) is 22.4 Å². The summed E-state index contributed by atoms with van der Waals surface area (Å²) in [4.78, 5) is 26.6. The Balaban J connectivity index is 1.64. The van der Waals surface area contributed by atoms with Crippen LogP contribution < -0.4 is 5.32 Å². The molecule has 0 bridgehead atoms. The quantitative estimate of drug-likeness (QED) is 0.792. The summed E-state index contributed by atoms with van der Waals surface area (Å²) in [5.41, 5.74) is 2.01. The van der Waals surface area contributed by atoms with Gasteiger partial charge in [0.05, 0.1) is 11.3 Å². The van der Waals surface area contributed by atoms with Gasteiger partial charge in [-0.1, -0.05) is 25.0 Å². The van der Waals surface area contributed by atoms with Crippen LogP contribution in [0.3, 0.4) is 0 Å². The van der Waals surface area contributed by atoms with E-state index >= 15 is 0 Å². The lowest BCUT2D eigenvalue weighted by molar-refractivity contribution is -0.123. The van der Waals surface area contributed by atoms with E-state index in [0.717, 1.165) is 25.7 Å². The molecule has 3 rings (SSSR count). The first-order valence-electron chi connectivity index (χ1n) is 9.21. The average molecular weight is 382 g/mol. The molecular weight excluding hydrogens is 360 g/mol. The topological polar surface area (TPSA) is 79.2 Å². The number of fused-ring (bicyclic) bond motifs is 1. The van der Waals surface area contributed by atoms with Crippen molar-refractivity contribution in [1.29, 1.82) is 5.26 Å². The maximum atomic E-state index is 12.5. The highest BCUT2D eigenvalue weighted by atomic mass is 32.1. The maximum Gasteiger partial charge on any atom is 0.349 e. The van der Waals surface area contributed by atoms with Gasteiger partial charge in [-0.2, -0.15) is 5.26 Å². The van der Waals surface area contributed by atoms with E-state index in [9.17, 15) is 9.59 Å². The third-order valence-electron chi connectivity index (χ3n) is 4.66. The highest BCUT2D eigenvalue weighted by molar-refractivity contribution is 7.14. The Labute approximate surface area is 163 Å². The minimum Gasteiger partial charge on any atom is -0.448 e. The fourth-order valence-corrected chi connectivity index (χ4v) is 4.28. The fourth-order valence-electron chi connectivity index (χ4n) is 3.14. The number of esters is 1. The van der Waals surface area contributed by atoms with E-state index < -0.39 is 18.0 Å². The van der Waals surface area contributed by atoms with Crippen LogP contribution in [-0.4, -0.2) is 18.0 Å². The Morgan fingerprint density at radius 3 is 2.70 bits per heavy atom. The minimum atomic E-state index is -0.950. The van der Waals surface area contributed by atoms with Crippen LogP contribution in [0, 0.1) is 11.3 Å². The monoisotopic (exact) mass is 382 g/mol. The van der Waals surface area contributed by atoms with Gasteiger partial charge in [0.2, 0.25) is 0 Å². The molecule has 1 N–H and O–H groups in total. The summed E-state index contributed by atoms with van der Waals surface area (Å²) in [7, 11) is 0. The van der Waals surface area contributed by atoms with Crippen molar-refractivity contribution in [2.24, 2.45) is 0 Å². The maximum absolute atomic E-state index is 12.5. The number of carbonyl (C=O) groups excluding carboxylic acids is 2. The molecule has 0 radical (unpaired) electrons. The van der Waals surface area contributed by atoms with Crippen LogP contribution in [0.4, 0.5) is 5.69 Å². The van der Waals surface area contributed by atoms with Crippen LogP contribution in [0.2, 0.25) is 0 Å². The minimum absolute atomic E-state index is 0.363. The van der Waals surface area contributed by atoms with Crippen LogP contribution in [0.25, 0.3) is 0 Å². The number of hydrogen-bond acceptors (Lipinski definition) is 5. The van der Waals surface area contributed by atoms with E-state index in [2.05, 4.69) is 5.32 Å². The number of rotatable bonds is 4. The fraction of sp³-hybridized carbons (Fsp3) is 0.381. The second kappa shape index (κ2) is 8.83. The predicted molar refractivity (Wildman–Crippen MR) is 105 cm³/mol. The number of hydrogen-bond donors (Lipinski definition) is 1. The summed E-state index contributed by atoms with van der Waals surface area (Å²) in [5.74, 6) is -0.927. The van der Waals surface area contributed by atoms with Gasteiger partial charge in [0.15, 0.2) is 6.10 Å². The molecule has 0 spiro atoms. The molecule has 1 heterocycles. The molecule has 1 aromatic carbocycles. The Hall–Kier alpha value is -2.65. The first kappa shape index (κ1) is 19.1. The lowest BCUT2D eigenvalue weighted by Crippen LogP contribution is -2.30. The molecule has 0 saturated heterocycles. The molecule has 1 aliphatic carbocycles. The summed E-state index contributed by atoms with van der Waals surface area (Å²) in [6.07, 6.45) is 5.83. The lowest BCUT2D eigenvalue weighted by Gasteiger charge is -2.13. The zero-order chi connectivity index (χ0) is 19.2. The summed E-state index contributed by atoms with van der Waals surface area (Å²) >= 11 is 1.48. The van der Waals surface area contributed by atoms with Crippen LogP contribution in [0.1, 0.15) is 58.3 Å².